The molecule has 0 radical (unpaired) electrons. The van der Waals surface area contributed by atoms with Crippen LogP contribution in [0.25, 0.3) is 0 Å². The summed E-state index contributed by atoms with van der Waals surface area (Å²) >= 11 is 10.5. The van der Waals surface area contributed by atoms with Gasteiger partial charge < -0.3 is 72.0 Å². The Morgan fingerprint density at radius 1 is 0.754 bits per heavy atom. The molecule has 1 fully saturated rings. The fraction of sp³-hybridized carbons (Fsp3) is 0.559. The smallest absolute Gasteiger partial charge is 0.329 e. The van der Waals surface area contributed by atoms with Crippen LogP contribution < -0.4 is 41.9 Å². The van der Waals surface area contributed by atoms with Crippen molar-refractivity contribution in [3.05, 3.63) is 33.8 Å². The van der Waals surface area contributed by atoms with Crippen molar-refractivity contribution >= 4 is 125 Å². The number of ketones is 1. The summed E-state index contributed by atoms with van der Waals surface area (Å²) in [4.78, 5) is 102. The molecule has 27 heteroatoms. The normalized spacial score (nSPS) is 21.1. The molecule has 344 valence electrons. The summed E-state index contributed by atoms with van der Waals surface area (Å²) in [6.07, 6.45) is 5.45. The third-order valence-corrected chi connectivity index (χ3v) is 13.2. The van der Waals surface area contributed by atoms with Crippen LogP contribution in [-0.2, 0) is 43.2 Å². The van der Waals surface area contributed by atoms with Crippen molar-refractivity contribution in [3.63, 3.8) is 0 Å². The molecule has 9 N–H and O–H groups in total. The maximum atomic E-state index is 12.0. The summed E-state index contributed by atoms with van der Waals surface area (Å²) in [6.45, 7) is 4.71. The van der Waals surface area contributed by atoms with Gasteiger partial charge in [-0.2, -0.15) is 36.2 Å². The van der Waals surface area contributed by atoms with Crippen molar-refractivity contribution < 1.29 is 74.2 Å². The zero-order valence-corrected chi connectivity index (χ0v) is 38.9. The molecule has 1 saturated heterocycles. The van der Waals surface area contributed by atoms with Crippen molar-refractivity contribution in [3.8, 4) is 0 Å². The van der Waals surface area contributed by atoms with Crippen LogP contribution in [0.15, 0.2) is 33.8 Å². The third kappa shape index (κ3) is 16.8. The van der Waals surface area contributed by atoms with Crippen molar-refractivity contribution in [2.45, 2.75) is 61.9 Å². The lowest BCUT2D eigenvalue weighted by Crippen LogP contribution is -2.71. The lowest BCUT2D eigenvalue weighted by atomic mass is 10.0. The Bertz CT molecular complexity index is 1760. The van der Waals surface area contributed by atoms with Crippen molar-refractivity contribution in [1.82, 2.24) is 31.5 Å². The molecule has 0 aliphatic carbocycles. The van der Waals surface area contributed by atoms with Gasteiger partial charge in [0.1, 0.15) is 28.2 Å². The largest absolute Gasteiger partial charge is 0.543 e. The van der Waals surface area contributed by atoms with E-state index in [2.05, 4.69) is 39.2 Å². The number of rotatable bonds is 15. The fourth-order valence-corrected chi connectivity index (χ4v) is 10.8. The van der Waals surface area contributed by atoms with Gasteiger partial charge in [-0.1, -0.05) is 0 Å². The monoisotopic (exact) mass is 973 g/mol. The number of aliphatic hydroxyl groups is 1. The van der Waals surface area contributed by atoms with Crippen LogP contribution in [0, 0.1) is 0 Å². The lowest BCUT2D eigenvalue weighted by molar-refractivity contribution is -0.302. The topological polar surface area (TPSA) is 358 Å². The highest BCUT2D eigenvalue weighted by molar-refractivity contribution is 8.01. The highest BCUT2D eigenvalue weighted by Crippen LogP contribution is 2.40. The number of aliphatic carboxylic acids is 4. The zero-order chi connectivity index (χ0) is 46.0. The number of thiol groups is 1. The molecular weight excluding hydrogens is 925 g/mol. The van der Waals surface area contributed by atoms with Crippen LogP contribution in [0.3, 0.4) is 0 Å². The van der Waals surface area contributed by atoms with E-state index in [1.807, 2.05) is 12.5 Å². The highest BCUT2D eigenvalue weighted by Gasteiger charge is 2.52. The van der Waals surface area contributed by atoms with Gasteiger partial charge in [0.2, 0.25) is 17.7 Å². The summed E-state index contributed by atoms with van der Waals surface area (Å²) in [5.41, 5.74) is 1.33. The average Bonchev–Trinajstić information content (AvgIpc) is 3.18. The minimum absolute atomic E-state index is 0. The Balaban J connectivity index is 0.000000860. The summed E-state index contributed by atoms with van der Waals surface area (Å²) in [6, 6.07) is -2.67. The number of thioether (sulfide) groups is 5. The molecule has 4 aliphatic heterocycles. The number of hydrogen-bond donors (Lipinski definition) is 8. The molecular formula is C34H49N6O15S6-3. The molecule has 0 aromatic rings. The second-order valence-corrected chi connectivity index (χ2v) is 17.5. The van der Waals surface area contributed by atoms with E-state index in [9.17, 15) is 58.5 Å². The summed E-state index contributed by atoms with van der Waals surface area (Å²) < 4.78 is 0. The van der Waals surface area contributed by atoms with E-state index in [1.165, 1.54) is 72.7 Å². The lowest BCUT2D eigenvalue weighted by Gasteiger charge is -2.50. The van der Waals surface area contributed by atoms with E-state index in [-0.39, 0.29) is 62.8 Å². The minimum Gasteiger partial charge on any atom is -0.543 e. The van der Waals surface area contributed by atoms with Crippen molar-refractivity contribution in [2.75, 3.05) is 54.1 Å². The number of carbonyl (C=O) groups excluding carboxylic acids is 8. The van der Waals surface area contributed by atoms with Gasteiger partial charge >= 0.3 is 5.97 Å². The van der Waals surface area contributed by atoms with Crippen molar-refractivity contribution in [1.29, 1.82) is 0 Å². The fourth-order valence-electron chi connectivity index (χ4n) is 5.55. The first-order valence-electron chi connectivity index (χ1n) is 17.3. The number of fused-ring (bicyclic) bond motifs is 1. The molecule has 21 nitrogen and oxygen atoms in total. The molecule has 0 spiro atoms. The Labute approximate surface area is 378 Å². The number of carbonyl (C=O) groups is 9. The quantitative estimate of drug-likeness (QED) is 0.0562. The average molecular weight is 974 g/mol. The third-order valence-electron chi connectivity index (χ3n) is 8.02. The number of amides is 4. The van der Waals surface area contributed by atoms with Crippen LogP contribution in [0.4, 0.5) is 0 Å². The predicted octanol–water partition coefficient (Wildman–Crippen LogP) is -5.16. The van der Waals surface area contributed by atoms with Crippen LogP contribution in [0.1, 0.15) is 27.7 Å². The van der Waals surface area contributed by atoms with E-state index in [4.69, 9.17) is 10.2 Å². The number of hydrogen-bond acceptors (Lipinski definition) is 21. The Morgan fingerprint density at radius 2 is 1.20 bits per heavy atom. The SMILES string of the molecule is CC(=O)NC(C(=O)O)C1NC(C(=O)[O-])=C(CO)CS1.CS.CSCC1=C(C(=O)[O-])N2C(=O)C(NC(C)=O)C2SC1.CSCC1=C(C(=O)[O-])NC(C(NC(C)=O)C(C)=O)SC1.O. The first kappa shape index (κ1) is 57.3. The number of nitrogens with zero attached hydrogens (tertiary/aromatic N) is 1. The van der Waals surface area contributed by atoms with Crippen LogP contribution in [0.2, 0.25) is 0 Å². The number of β-lactam (4-membered cyclic amide) rings is 1. The molecule has 4 rings (SSSR count). The van der Waals surface area contributed by atoms with Gasteiger partial charge in [0.15, 0.2) is 11.8 Å². The van der Waals surface area contributed by atoms with Gasteiger partial charge in [0.05, 0.1) is 41.6 Å². The molecule has 0 saturated carbocycles. The molecule has 4 aliphatic rings. The number of carboxylic acids is 4. The number of Topliss-reactive ketones (excluding diaryl/α,β-unsaturated/α-hetero) is 1. The second kappa shape index (κ2) is 28.1. The van der Waals surface area contributed by atoms with E-state index in [0.717, 1.165) is 24.3 Å². The second-order valence-electron chi connectivity index (χ2n) is 12.4. The van der Waals surface area contributed by atoms with Crippen LogP contribution in [-0.4, -0.2) is 162 Å². The molecule has 0 aromatic heterocycles. The van der Waals surface area contributed by atoms with E-state index >= 15 is 0 Å². The minimum atomic E-state index is -1.53. The molecule has 6 atom stereocenters. The van der Waals surface area contributed by atoms with Crippen LogP contribution in [0.5, 0.6) is 0 Å². The van der Waals surface area contributed by atoms with E-state index in [1.54, 1.807) is 6.26 Å². The van der Waals surface area contributed by atoms with Gasteiger partial charge in [-0.15, -0.1) is 35.3 Å². The van der Waals surface area contributed by atoms with Crippen LogP contribution >= 0.6 is 71.4 Å². The summed E-state index contributed by atoms with van der Waals surface area (Å²) in [7, 11) is 0. The van der Waals surface area contributed by atoms with Gasteiger partial charge in [-0.05, 0) is 42.4 Å². The molecule has 6 unspecified atom stereocenters. The first-order valence-corrected chi connectivity index (χ1v) is 24.1. The van der Waals surface area contributed by atoms with E-state index < -0.39 is 65.3 Å². The zero-order valence-electron chi connectivity index (χ0n) is 33.9. The Hall–Kier alpha value is -3.73. The Morgan fingerprint density at radius 3 is 1.61 bits per heavy atom. The van der Waals surface area contributed by atoms with Gasteiger partial charge in [0, 0.05) is 49.5 Å². The van der Waals surface area contributed by atoms with E-state index in [0.29, 0.717) is 28.6 Å². The highest BCUT2D eigenvalue weighted by atomic mass is 32.2. The standard InChI is InChI=1S/C12H18N2O4S2.C11H14N2O4S2.C10H14N2O6S.CH4S.H2O/c1-6(15)9(13-7(2)16)11-14-10(12(17)18)8(4-19-3)5-20-11;1-5(14)12-7-9(15)13-8(11(16)17)6(3-18-2)4-19-10(7)13;1-4(14)11-7(10(17)18)8-12-6(9(15)16)5(2-13)3-19-8;1-2;/h9,11,14H,4-5H2,1-3H3,(H,13,16)(H,17,18);7,10H,3-4H2,1-2H3,(H,12,14)(H,16,17);7-8,12-13H,2-3H2,1H3,(H,11,14)(H,15,16)(H,17,18);2H,1H3;1H2/p-3. The molecule has 61 heavy (non-hydrogen) atoms. The number of carboxylic acid groups (broad SMARTS) is 4. The number of aliphatic hydroxyl groups excluding tert-OH is 1. The van der Waals surface area contributed by atoms with Gasteiger partial charge in [-0.3, -0.25) is 28.9 Å². The summed E-state index contributed by atoms with van der Waals surface area (Å²) in [5.74, 6) is -4.91. The first-order chi connectivity index (χ1) is 28.2. The maximum absolute atomic E-state index is 12.0. The maximum Gasteiger partial charge on any atom is 0.329 e. The van der Waals surface area contributed by atoms with Gasteiger partial charge in [0.25, 0.3) is 5.91 Å². The summed E-state index contributed by atoms with van der Waals surface area (Å²) in [5, 5.41) is 62.2. The number of nitrogens with one attached hydrogen (secondary N) is 5. The molecule has 0 aromatic carbocycles. The molecule has 0 bridgehead atoms. The predicted molar refractivity (Wildman–Crippen MR) is 231 cm³/mol. The van der Waals surface area contributed by atoms with Gasteiger partial charge in [-0.25, -0.2) is 4.79 Å². The molecule has 4 heterocycles. The molecule has 4 amide bonds. The van der Waals surface area contributed by atoms with Crippen molar-refractivity contribution in [2.24, 2.45) is 0 Å². The Kier molecular flexibility index (Phi) is 26.3.